The van der Waals surface area contributed by atoms with Gasteiger partial charge in [0.15, 0.2) is 17.3 Å². The van der Waals surface area contributed by atoms with Gasteiger partial charge in [-0.3, -0.25) is 14.6 Å². The third-order valence-corrected chi connectivity index (χ3v) is 6.59. The van der Waals surface area contributed by atoms with Gasteiger partial charge in [-0.2, -0.15) is 0 Å². The fourth-order valence-electron chi connectivity index (χ4n) is 4.93. The number of fused-ring (bicyclic) bond motifs is 2. The van der Waals surface area contributed by atoms with Gasteiger partial charge in [0.05, 0.1) is 19.9 Å². The Morgan fingerprint density at radius 2 is 1.75 bits per heavy atom. The maximum Gasteiger partial charge on any atom is 0.315 e. The Morgan fingerprint density at radius 1 is 0.972 bits per heavy atom. The predicted molar refractivity (Wildman–Crippen MR) is 133 cm³/mol. The number of aliphatic imine (C=N–C) groups is 1. The van der Waals surface area contributed by atoms with Crippen molar-refractivity contribution in [3.8, 4) is 11.5 Å². The second-order valence-corrected chi connectivity index (χ2v) is 8.70. The number of rotatable bonds is 6. The Balaban J connectivity index is 1.56. The average molecular weight is 486 g/mol. The van der Waals surface area contributed by atoms with Crippen molar-refractivity contribution in [2.45, 2.75) is 19.4 Å². The molecule has 1 unspecified atom stereocenters. The van der Waals surface area contributed by atoms with E-state index in [1.54, 1.807) is 37.3 Å². The van der Waals surface area contributed by atoms with Gasteiger partial charge >= 0.3 is 5.97 Å². The van der Waals surface area contributed by atoms with Gasteiger partial charge in [-0.1, -0.05) is 42.5 Å². The summed E-state index contributed by atoms with van der Waals surface area (Å²) in [6.07, 6.45) is 0. The van der Waals surface area contributed by atoms with Crippen molar-refractivity contribution in [1.82, 2.24) is 0 Å². The molecular weight excluding hydrogens is 461 g/mol. The lowest BCUT2D eigenvalue weighted by atomic mass is 9.75. The van der Waals surface area contributed by atoms with E-state index in [-0.39, 0.29) is 18.2 Å². The van der Waals surface area contributed by atoms with Gasteiger partial charge in [0.2, 0.25) is 0 Å². The minimum absolute atomic E-state index is 0.149. The quantitative estimate of drug-likeness (QED) is 0.439. The Hall–Kier alpha value is -4.26. The van der Waals surface area contributed by atoms with Crippen molar-refractivity contribution in [1.29, 1.82) is 0 Å². The Bertz CT molecular complexity index is 1440. The molecular formula is C29H24FNO5. The van der Waals surface area contributed by atoms with Crippen LogP contribution in [0.25, 0.3) is 5.70 Å². The van der Waals surface area contributed by atoms with Crippen LogP contribution in [-0.2, 0) is 16.1 Å². The van der Waals surface area contributed by atoms with Crippen LogP contribution in [0.3, 0.4) is 0 Å². The number of hydrogen-bond acceptors (Lipinski definition) is 6. The lowest BCUT2D eigenvalue weighted by molar-refractivity contribution is -0.143. The Kier molecular flexibility index (Phi) is 6.14. The summed E-state index contributed by atoms with van der Waals surface area (Å²) in [5.74, 6) is -1.46. The van der Waals surface area contributed by atoms with Gasteiger partial charge in [0.25, 0.3) is 0 Å². The molecule has 1 aliphatic heterocycles. The molecule has 1 aliphatic carbocycles. The predicted octanol–water partition coefficient (Wildman–Crippen LogP) is 5.37. The number of hydrogen-bond donors (Lipinski definition) is 0. The zero-order valence-electron chi connectivity index (χ0n) is 20.1. The van der Waals surface area contributed by atoms with E-state index >= 15 is 0 Å². The van der Waals surface area contributed by atoms with Crippen LogP contribution in [0.5, 0.6) is 11.5 Å². The molecule has 0 N–H and O–H groups in total. The Morgan fingerprint density at radius 3 is 2.47 bits per heavy atom. The number of allylic oxidation sites excluding steroid dienone is 1. The van der Waals surface area contributed by atoms with Crippen molar-refractivity contribution in [3.05, 3.63) is 100 Å². The first-order valence-electron chi connectivity index (χ1n) is 11.5. The summed E-state index contributed by atoms with van der Waals surface area (Å²) < 4.78 is 30.1. The molecule has 0 saturated carbocycles. The highest BCUT2D eigenvalue weighted by Crippen LogP contribution is 2.49. The van der Waals surface area contributed by atoms with Gasteiger partial charge in [0.1, 0.15) is 18.3 Å². The molecule has 0 aromatic heterocycles. The third-order valence-electron chi connectivity index (χ3n) is 6.59. The second-order valence-electron chi connectivity index (χ2n) is 8.70. The number of benzene rings is 3. The van der Waals surface area contributed by atoms with Crippen molar-refractivity contribution in [3.63, 3.8) is 0 Å². The number of esters is 1. The summed E-state index contributed by atoms with van der Waals surface area (Å²) in [6, 6.07) is 18.8. The standard InChI is InChI=1S/C29H24FNO5/c1-16-24(29(33)35-3)25(26-27(31-16)20-9-4-5-10-21(20)28(26)32)18-11-12-22(23(14-18)34-2)36-15-17-7-6-8-19(30)13-17/h4-14,24-25H,15H2,1-3H3/t24?,25-/m0/s1. The van der Waals surface area contributed by atoms with Crippen LogP contribution in [0.4, 0.5) is 4.39 Å². The number of carbonyl (C=O) groups is 2. The van der Waals surface area contributed by atoms with E-state index in [1.165, 1.54) is 26.4 Å². The largest absolute Gasteiger partial charge is 0.493 e. The van der Waals surface area contributed by atoms with Crippen LogP contribution < -0.4 is 9.47 Å². The van der Waals surface area contributed by atoms with Crippen molar-refractivity contribution in [2.24, 2.45) is 10.9 Å². The molecule has 0 saturated heterocycles. The molecule has 36 heavy (non-hydrogen) atoms. The molecule has 2 atom stereocenters. The maximum atomic E-state index is 13.5. The summed E-state index contributed by atoms with van der Waals surface area (Å²) in [7, 11) is 2.84. The van der Waals surface area contributed by atoms with Gasteiger partial charge in [0, 0.05) is 28.3 Å². The molecule has 3 aromatic rings. The lowest BCUT2D eigenvalue weighted by Crippen LogP contribution is -2.34. The molecule has 7 heteroatoms. The van der Waals surface area contributed by atoms with Crippen LogP contribution in [-0.4, -0.2) is 31.7 Å². The maximum absolute atomic E-state index is 13.5. The smallest absolute Gasteiger partial charge is 0.315 e. The van der Waals surface area contributed by atoms with Crippen molar-refractivity contribution in [2.75, 3.05) is 14.2 Å². The molecule has 0 spiro atoms. The van der Waals surface area contributed by atoms with E-state index in [0.29, 0.717) is 45.2 Å². The summed E-state index contributed by atoms with van der Waals surface area (Å²) in [5, 5.41) is 0. The van der Waals surface area contributed by atoms with Crippen LogP contribution in [0.2, 0.25) is 0 Å². The summed E-state index contributed by atoms with van der Waals surface area (Å²) >= 11 is 0. The minimum atomic E-state index is -0.768. The van der Waals surface area contributed by atoms with E-state index in [2.05, 4.69) is 4.99 Å². The first-order chi connectivity index (χ1) is 17.4. The van der Waals surface area contributed by atoms with Crippen LogP contribution >= 0.6 is 0 Å². The lowest BCUT2D eigenvalue weighted by Gasteiger charge is -2.30. The van der Waals surface area contributed by atoms with E-state index in [0.717, 1.165) is 5.56 Å². The molecule has 1 heterocycles. The highest BCUT2D eigenvalue weighted by Gasteiger charge is 2.46. The Labute approximate surface area is 208 Å². The zero-order chi connectivity index (χ0) is 25.4. The van der Waals surface area contributed by atoms with E-state index < -0.39 is 17.8 Å². The fraction of sp³-hybridized carbons (Fsp3) is 0.207. The van der Waals surface area contributed by atoms with Gasteiger partial charge in [-0.25, -0.2) is 4.39 Å². The average Bonchev–Trinajstić information content (AvgIpc) is 3.17. The van der Waals surface area contributed by atoms with E-state index in [1.807, 2.05) is 24.3 Å². The highest BCUT2D eigenvalue weighted by molar-refractivity contribution is 6.24. The van der Waals surface area contributed by atoms with Gasteiger partial charge < -0.3 is 14.2 Å². The first-order valence-corrected chi connectivity index (χ1v) is 11.5. The normalized spacial score (nSPS) is 18.3. The summed E-state index contributed by atoms with van der Waals surface area (Å²) in [6.45, 7) is 1.92. The fourth-order valence-corrected chi connectivity index (χ4v) is 4.93. The topological polar surface area (TPSA) is 74.2 Å². The molecule has 0 radical (unpaired) electrons. The zero-order valence-corrected chi connectivity index (χ0v) is 20.1. The number of nitrogens with zero attached hydrogens (tertiary/aromatic N) is 1. The van der Waals surface area contributed by atoms with E-state index in [9.17, 15) is 14.0 Å². The van der Waals surface area contributed by atoms with Crippen LogP contribution in [0.15, 0.2) is 77.3 Å². The molecule has 6 nitrogen and oxygen atoms in total. The minimum Gasteiger partial charge on any atom is -0.493 e. The molecule has 5 rings (SSSR count). The number of ketones is 1. The SMILES string of the molecule is COC(=O)C1C(C)=NC2=C(C(=O)c3ccccc32)[C@H]1c1ccc(OCc2cccc(F)c2)c(OC)c1. The number of halogens is 1. The molecule has 0 bridgehead atoms. The monoisotopic (exact) mass is 485 g/mol. The van der Waals surface area contributed by atoms with Crippen LogP contribution in [0.1, 0.15) is 39.9 Å². The molecule has 2 aliphatic rings. The first kappa shape index (κ1) is 23.5. The summed E-state index contributed by atoms with van der Waals surface area (Å²) in [4.78, 5) is 31.1. The number of ether oxygens (including phenoxy) is 3. The number of methoxy groups -OCH3 is 2. The number of Topliss-reactive ketones (excluding diaryl/α,β-unsaturated/α-hetero) is 1. The molecule has 0 amide bonds. The van der Waals surface area contributed by atoms with E-state index in [4.69, 9.17) is 14.2 Å². The van der Waals surface area contributed by atoms with Crippen LogP contribution in [0, 0.1) is 11.7 Å². The van der Waals surface area contributed by atoms with Crippen molar-refractivity contribution < 1.29 is 28.2 Å². The van der Waals surface area contributed by atoms with Gasteiger partial charge in [-0.15, -0.1) is 0 Å². The third kappa shape index (κ3) is 3.96. The molecule has 0 fully saturated rings. The van der Waals surface area contributed by atoms with Gasteiger partial charge in [-0.05, 0) is 42.3 Å². The second kappa shape index (κ2) is 9.41. The number of carbonyl (C=O) groups excluding carboxylic acids is 2. The highest BCUT2D eigenvalue weighted by atomic mass is 19.1. The molecule has 3 aromatic carbocycles. The summed E-state index contributed by atoms with van der Waals surface area (Å²) in [5.41, 5.74) is 4.32. The van der Waals surface area contributed by atoms with Crippen molar-refractivity contribution >= 4 is 23.2 Å². The molecule has 182 valence electrons.